The van der Waals surface area contributed by atoms with E-state index in [0.717, 1.165) is 12.8 Å². The molecule has 5 rings (SSSR count). The molecule has 0 aromatic heterocycles. The Balaban J connectivity index is 0.00000190. The Hall–Kier alpha value is -0.747. The summed E-state index contributed by atoms with van der Waals surface area (Å²) in [5, 5.41) is 0. The molecule has 0 atom stereocenters. The third-order valence-electron chi connectivity index (χ3n) is 8.36. The number of hydrogen-bond donors (Lipinski definition) is 0. The van der Waals surface area contributed by atoms with Crippen LogP contribution in [-0.4, -0.2) is 3.21 Å². The minimum Gasteiger partial charge on any atom is -1.00 e. The number of halogens is 2. The van der Waals surface area contributed by atoms with Gasteiger partial charge in [-0.05, 0) is 0 Å². The molecule has 0 N–H and O–H groups in total. The van der Waals surface area contributed by atoms with E-state index in [4.69, 9.17) is 0 Å². The zero-order valence-corrected chi connectivity index (χ0v) is 28.1. The van der Waals surface area contributed by atoms with Crippen LogP contribution in [-0.2, 0) is 40.0 Å². The fourth-order valence-corrected chi connectivity index (χ4v) is 11.4. The summed E-state index contributed by atoms with van der Waals surface area (Å²) in [6, 6.07) is 5.04. The van der Waals surface area contributed by atoms with Crippen molar-refractivity contribution >= 4 is 12.1 Å². The first kappa shape index (κ1) is 30.8. The van der Waals surface area contributed by atoms with Crippen LogP contribution in [0, 0.1) is 13.8 Å². The quantitative estimate of drug-likeness (QED) is 0.417. The van der Waals surface area contributed by atoms with Crippen molar-refractivity contribution in [1.29, 1.82) is 0 Å². The van der Waals surface area contributed by atoms with Gasteiger partial charge in [0.05, 0.1) is 0 Å². The van der Waals surface area contributed by atoms with Crippen molar-refractivity contribution in [1.82, 2.24) is 0 Å². The zero-order chi connectivity index (χ0) is 25.1. The van der Waals surface area contributed by atoms with Crippen LogP contribution < -0.4 is 28.1 Å². The van der Waals surface area contributed by atoms with Gasteiger partial charge in [-0.1, -0.05) is 0 Å². The Labute approximate surface area is 249 Å². The molecule has 3 aliphatic carbocycles. The molecule has 0 radical (unpaired) electrons. The van der Waals surface area contributed by atoms with Gasteiger partial charge in [-0.15, -0.1) is 0 Å². The first-order valence-corrected chi connectivity index (χ1v) is 16.2. The molecule has 2 aromatic carbocycles. The van der Waals surface area contributed by atoms with Crippen LogP contribution in [0.5, 0.6) is 0 Å². The molecule has 0 aliphatic heterocycles. The maximum atomic E-state index is 2.55. The number of rotatable bonds is 2. The predicted molar refractivity (Wildman–Crippen MR) is 151 cm³/mol. The van der Waals surface area contributed by atoms with E-state index in [-0.39, 0.29) is 35.6 Å². The summed E-state index contributed by atoms with van der Waals surface area (Å²) in [7, 11) is 0. The Morgan fingerprint density at radius 1 is 0.784 bits per heavy atom. The van der Waals surface area contributed by atoms with Crippen LogP contribution in [0.2, 0.25) is 0 Å². The monoisotopic (exact) mass is 611 g/mol. The van der Waals surface area contributed by atoms with Gasteiger partial charge >= 0.3 is 226 Å². The van der Waals surface area contributed by atoms with E-state index in [2.05, 4.69) is 85.8 Å². The molecule has 1 saturated carbocycles. The largest absolute Gasteiger partial charge is 1.00 e. The topological polar surface area (TPSA) is 0 Å². The first-order valence-electron chi connectivity index (χ1n) is 13.8. The molecular formula is C34H43Cl2Zr. The van der Waals surface area contributed by atoms with Gasteiger partial charge in [0.2, 0.25) is 0 Å². The normalized spacial score (nSPS) is 16.4. The Morgan fingerprint density at radius 3 is 2.03 bits per heavy atom. The van der Waals surface area contributed by atoms with Gasteiger partial charge < -0.3 is 24.8 Å². The first-order chi connectivity index (χ1) is 16.5. The molecule has 0 spiro atoms. The minimum atomic E-state index is -0.812. The van der Waals surface area contributed by atoms with Crippen molar-refractivity contribution in [2.24, 2.45) is 0 Å². The third kappa shape index (κ3) is 5.76. The number of benzene rings is 2. The van der Waals surface area contributed by atoms with Crippen LogP contribution in [0.25, 0.3) is 16.7 Å². The molecule has 2 aromatic rings. The fourth-order valence-electron chi connectivity index (χ4n) is 6.64. The number of hydrogen-bond acceptors (Lipinski definition) is 0. The molecule has 0 heterocycles. The summed E-state index contributed by atoms with van der Waals surface area (Å²) in [4.78, 5) is 0. The second-order valence-corrected chi connectivity index (χ2v) is 16.8. The van der Waals surface area contributed by atoms with Crippen LogP contribution in [0.4, 0.5) is 0 Å². The summed E-state index contributed by atoms with van der Waals surface area (Å²) >= 11 is -0.812. The van der Waals surface area contributed by atoms with Crippen molar-refractivity contribution < 1.29 is 47.6 Å². The number of aryl methyl sites for hydroxylation is 1. The average molecular weight is 614 g/mol. The SMILES string of the molecule is Cc1cc(C(C)(C)C)cc2c1-c1c(C)c(C3=CC=CC3)c(C(C)(C)C)[c]([Zr+2]=[C]3CCCCC3)c1C2.[Cl-].[Cl-]. The van der Waals surface area contributed by atoms with Crippen molar-refractivity contribution in [3.8, 4) is 11.1 Å². The molecule has 3 heteroatoms. The third-order valence-corrected chi connectivity index (χ3v) is 12.4. The van der Waals surface area contributed by atoms with Crippen molar-refractivity contribution in [2.75, 3.05) is 0 Å². The predicted octanol–water partition coefficient (Wildman–Crippen LogP) is 2.67. The molecule has 37 heavy (non-hydrogen) atoms. The fraction of sp³-hybridized carbons (Fsp3) is 0.500. The second kappa shape index (κ2) is 11.4. The van der Waals surface area contributed by atoms with E-state index in [1.54, 1.807) is 44.5 Å². The zero-order valence-electron chi connectivity index (χ0n) is 24.1. The van der Waals surface area contributed by atoms with Crippen LogP contribution in [0.3, 0.4) is 0 Å². The van der Waals surface area contributed by atoms with Crippen LogP contribution in [0.1, 0.15) is 119 Å². The van der Waals surface area contributed by atoms with Gasteiger partial charge in [0.15, 0.2) is 0 Å². The van der Waals surface area contributed by atoms with Gasteiger partial charge in [-0.2, -0.15) is 0 Å². The Morgan fingerprint density at radius 2 is 1.46 bits per heavy atom. The molecule has 197 valence electrons. The smallest absolute Gasteiger partial charge is 1.00 e. The van der Waals surface area contributed by atoms with Gasteiger partial charge in [0.1, 0.15) is 0 Å². The van der Waals surface area contributed by atoms with Gasteiger partial charge in [-0.3, -0.25) is 0 Å². The van der Waals surface area contributed by atoms with Crippen LogP contribution in [0.15, 0.2) is 30.4 Å². The van der Waals surface area contributed by atoms with E-state index < -0.39 is 22.8 Å². The summed E-state index contributed by atoms with van der Waals surface area (Å²) in [6.07, 6.45) is 16.3. The molecular weight excluding hydrogens is 571 g/mol. The Kier molecular flexibility index (Phi) is 9.48. The summed E-state index contributed by atoms with van der Waals surface area (Å²) < 4.78 is 3.80. The molecule has 3 aliphatic rings. The Bertz CT molecular complexity index is 1290. The molecule has 0 amide bonds. The van der Waals surface area contributed by atoms with Crippen molar-refractivity contribution in [3.63, 3.8) is 0 Å². The van der Waals surface area contributed by atoms with Gasteiger partial charge in [0.25, 0.3) is 0 Å². The second-order valence-electron chi connectivity index (χ2n) is 13.2. The maximum absolute atomic E-state index is 2.55. The maximum Gasteiger partial charge on any atom is -1.00 e. The van der Waals surface area contributed by atoms with Crippen molar-refractivity contribution in [3.05, 3.63) is 69.3 Å². The molecule has 1 fully saturated rings. The average Bonchev–Trinajstić information content (AvgIpc) is 3.43. The number of allylic oxidation sites excluding steroid dienone is 4. The summed E-state index contributed by atoms with van der Waals surface area (Å²) in [5.41, 5.74) is 16.2. The van der Waals surface area contributed by atoms with E-state index in [9.17, 15) is 0 Å². The van der Waals surface area contributed by atoms with Gasteiger partial charge in [-0.25, -0.2) is 0 Å². The van der Waals surface area contributed by atoms with E-state index >= 15 is 0 Å². The number of fused-ring (bicyclic) bond motifs is 3. The van der Waals surface area contributed by atoms with E-state index in [1.807, 2.05) is 6.48 Å². The molecule has 0 bridgehead atoms. The van der Waals surface area contributed by atoms with E-state index in [1.165, 1.54) is 43.2 Å². The summed E-state index contributed by atoms with van der Waals surface area (Å²) in [6.45, 7) is 19.3. The summed E-state index contributed by atoms with van der Waals surface area (Å²) in [5.74, 6) is 0. The standard InChI is InChI=1S/C28H33.C6H10.2ClH.Zr/c1-17-13-22(27(3,4)5)15-20-14-21-16-23(28(6,7)8)25(19-11-9-10-12-19)18(2)26(21)24(17)20;1-2-4-6-5-3-1;;;/h9-11,13,15H,12,14H2,1-8H3;1-5H2;2*1H;/q;;;;+2/p-2. The molecule has 0 nitrogen and oxygen atoms in total. The molecule has 0 saturated heterocycles. The van der Waals surface area contributed by atoms with Crippen LogP contribution >= 0.6 is 0 Å². The van der Waals surface area contributed by atoms with E-state index in [0.29, 0.717) is 0 Å². The minimum absolute atomic E-state index is 0. The van der Waals surface area contributed by atoms with Gasteiger partial charge in [0, 0.05) is 0 Å². The molecule has 0 unspecified atom stereocenters. The van der Waals surface area contributed by atoms with Crippen molar-refractivity contribution in [2.45, 2.75) is 111 Å².